The van der Waals surface area contributed by atoms with Crippen molar-refractivity contribution in [2.45, 2.75) is 19.8 Å². The van der Waals surface area contributed by atoms with Gasteiger partial charge in [0.15, 0.2) is 5.76 Å². The first-order valence-corrected chi connectivity index (χ1v) is 7.08. The summed E-state index contributed by atoms with van der Waals surface area (Å²) in [6.45, 7) is 1.23. The maximum absolute atomic E-state index is 6.19. The lowest BCUT2D eigenvalue weighted by molar-refractivity contribution is 0.155. The van der Waals surface area contributed by atoms with E-state index in [9.17, 15) is 0 Å². The van der Waals surface area contributed by atoms with Gasteiger partial charge >= 0.3 is 0 Å². The topological polar surface area (TPSA) is 56.5 Å². The molecule has 0 aliphatic heterocycles. The van der Waals surface area contributed by atoms with Gasteiger partial charge in [-0.2, -0.15) is 0 Å². The van der Waals surface area contributed by atoms with E-state index in [-0.39, 0.29) is 6.61 Å². The lowest BCUT2D eigenvalue weighted by atomic mass is 10.2. The van der Waals surface area contributed by atoms with E-state index in [0.717, 1.165) is 5.56 Å². The van der Waals surface area contributed by atoms with Crippen LogP contribution >= 0.6 is 23.2 Å². The molecule has 114 valence electrons. The molecule has 21 heavy (non-hydrogen) atoms. The van der Waals surface area contributed by atoms with Crippen LogP contribution in [0.5, 0.6) is 5.75 Å². The Hall–Kier alpha value is -1.27. The average molecular weight is 331 g/mol. The van der Waals surface area contributed by atoms with Gasteiger partial charge in [-0.1, -0.05) is 28.4 Å². The van der Waals surface area contributed by atoms with Gasteiger partial charge in [0, 0.05) is 30.3 Å². The molecule has 0 aliphatic rings. The number of aromatic nitrogens is 1. The van der Waals surface area contributed by atoms with Crippen LogP contribution in [0.25, 0.3) is 0 Å². The van der Waals surface area contributed by atoms with Crippen molar-refractivity contribution in [3.63, 3.8) is 0 Å². The van der Waals surface area contributed by atoms with E-state index in [4.69, 9.17) is 37.2 Å². The number of halogens is 2. The summed E-state index contributed by atoms with van der Waals surface area (Å²) in [4.78, 5) is 0. The van der Waals surface area contributed by atoms with Crippen molar-refractivity contribution in [2.24, 2.45) is 0 Å². The third-order valence-electron chi connectivity index (χ3n) is 2.71. The molecule has 1 aromatic carbocycles. The number of ether oxygens (including phenoxy) is 2. The van der Waals surface area contributed by atoms with E-state index in [1.165, 1.54) is 0 Å². The predicted molar refractivity (Wildman–Crippen MR) is 80.8 cm³/mol. The van der Waals surface area contributed by atoms with Crippen LogP contribution in [0, 0.1) is 0 Å². The fourth-order valence-corrected chi connectivity index (χ4v) is 2.47. The molecule has 7 heteroatoms. The molecule has 0 saturated carbocycles. The van der Waals surface area contributed by atoms with E-state index in [1.54, 1.807) is 19.2 Å². The first-order chi connectivity index (χ1) is 10.1. The first kappa shape index (κ1) is 16.1. The van der Waals surface area contributed by atoms with Gasteiger partial charge in [-0.15, -0.1) is 0 Å². The van der Waals surface area contributed by atoms with Crippen LogP contribution in [0.1, 0.15) is 17.0 Å². The molecule has 0 fully saturated rings. The Kier molecular flexibility index (Phi) is 5.87. The van der Waals surface area contributed by atoms with E-state index in [1.807, 2.05) is 13.1 Å². The molecule has 1 aromatic heterocycles. The zero-order valence-electron chi connectivity index (χ0n) is 11.8. The zero-order chi connectivity index (χ0) is 15.2. The summed E-state index contributed by atoms with van der Waals surface area (Å²) in [6.07, 6.45) is 0. The number of hydrogen-bond acceptors (Lipinski definition) is 5. The molecule has 0 spiro atoms. The second-order valence-corrected chi connectivity index (χ2v) is 5.26. The summed E-state index contributed by atoms with van der Waals surface area (Å²) < 4.78 is 15.8. The van der Waals surface area contributed by atoms with E-state index < -0.39 is 0 Å². The van der Waals surface area contributed by atoms with Crippen molar-refractivity contribution in [1.29, 1.82) is 0 Å². The molecule has 1 heterocycles. The maximum Gasteiger partial charge on any atom is 0.162 e. The number of benzene rings is 1. The molecule has 2 rings (SSSR count). The molecule has 0 atom stereocenters. The molecule has 0 aliphatic carbocycles. The number of hydrogen-bond donors (Lipinski definition) is 1. The van der Waals surface area contributed by atoms with Gasteiger partial charge in [0.1, 0.15) is 24.7 Å². The third kappa shape index (κ3) is 4.35. The molecule has 1 N–H and O–H groups in total. The molecular formula is C14H16Cl2N2O3. The Bertz CT molecular complexity index is 602. The minimum Gasteiger partial charge on any atom is -0.485 e. The highest BCUT2D eigenvalue weighted by atomic mass is 35.5. The van der Waals surface area contributed by atoms with Gasteiger partial charge in [-0.25, -0.2) is 0 Å². The highest BCUT2D eigenvalue weighted by Gasteiger charge is 2.12. The fourth-order valence-electron chi connectivity index (χ4n) is 1.88. The third-order valence-corrected chi connectivity index (χ3v) is 3.21. The Morgan fingerprint density at radius 3 is 2.76 bits per heavy atom. The number of methoxy groups -OCH3 is 1. The summed E-state index contributed by atoms with van der Waals surface area (Å²) in [7, 11) is 3.43. The van der Waals surface area contributed by atoms with Crippen LogP contribution in [-0.2, 0) is 24.5 Å². The van der Waals surface area contributed by atoms with Crippen molar-refractivity contribution in [2.75, 3.05) is 14.2 Å². The summed E-state index contributed by atoms with van der Waals surface area (Å²) >= 11 is 12.2. The number of nitrogens with one attached hydrogen (secondary N) is 1. The normalized spacial score (nSPS) is 10.9. The average Bonchev–Trinajstić information content (AvgIpc) is 2.86. The molecule has 0 bridgehead atoms. The van der Waals surface area contributed by atoms with Gasteiger partial charge in [0.05, 0.1) is 5.02 Å². The van der Waals surface area contributed by atoms with Crippen LogP contribution in [0.3, 0.4) is 0 Å². The van der Waals surface area contributed by atoms with E-state index in [0.29, 0.717) is 40.4 Å². The number of nitrogens with zero attached hydrogens (tertiary/aromatic N) is 1. The molecule has 0 unspecified atom stereocenters. The lowest BCUT2D eigenvalue weighted by Gasteiger charge is -2.12. The van der Waals surface area contributed by atoms with Gasteiger partial charge < -0.3 is 19.3 Å². The van der Waals surface area contributed by atoms with E-state index >= 15 is 0 Å². The van der Waals surface area contributed by atoms with Crippen LogP contribution in [-0.4, -0.2) is 19.3 Å². The summed E-state index contributed by atoms with van der Waals surface area (Å²) in [6, 6.07) is 5.25. The number of rotatable bonds is 7. The van der Waals surface area contributed by atoms with Crippen LogP contribution < -0.4 is 10.1 Å². The second-order valence-electron chi connectivity index (χ2n) is 4.41. The quantitative estimate of drug-likeness (QED) is 0.842. The zero-order valence-corrected chi connectivity index (χ0v) is 13.3. The van der Waals surface area contributed by atoms with Gasteiger partial charge in [0.2, 0.25) is 0 Å². The first-order valence-electron chi connectivity index (χ1n) is 6.32. The molecule has 0 saturated heterocycles. The summed E-state index contributed by atoms with van der Waals surface area (Å²) in [5.41, 5.74) is 1.55. The highest BCUT2D eigenvalue weighted by Crippen LogP contribution is 2.33. The molecule has 0 amide bonds. The summed E-state index contributed by atoms with van der Waals surface area (Å²) in [5.74, 6) is 1.24. The minimum absolute atomic E-state index is 0.255. The van der Waals surface area contributed by atoms with Crippen molar-refractivity contribution < 1.29 is 14.0 Å². The van der Waals surface area contributed by atoms with Crippen LogP contribution in [0.2, 0.25) is 10.0 Å². The van der Waals surface area contributed by atoms with Crippen molar-refractivity contribution in [3.8, 4) is 5.75 Å². The monoisotopic (exact) mass is 330 g/mol. The summed E-state index contributed by atoms with van der Waals surface area (Å²) in [5, 5.41) is 7.99. The van der Waals surface area contributed by atoms with Crippen molar-refractivity contribution in [3.05, 3.63) is 45.3 Å². The molecule has 5 nitrogen and oxygen atoms in total. The van der Waals surface area contributed by atoms with Gasteiger partial charge in [0.25, 0.3) is 0 Å². The van der Waals surface area contributed by atoms with Crippen molar-refractivity contribution >= 4 is 23.2 Å². The molecule has 2 aromatic rings. The Labute approximate surface area is 133 Å². The van der Waals surface area contributed by atoms with Crippen molar-refractivity contribution in [1.82, 2.24) is 10.5 Å². The Balaban J connectivity index is 2.11. The largest absolute Gasteiger partial charge is 0.485 e. The van der Waals surface area contributed by atoms with Gasteiger partial charge in [-0.3, -0.25) is 0 Å². The van der Waals surface area contributed by atoms with E-state index in [2.05, 4.69) is 10.5 Å². The SMILES string of the molecule is CNCc1cc(Cl)cc(Cl)c1OCc1cc(COC)on1. The second kappa shape index (κ2) is 7.66. The standard InChI is InChI=1S/C14H16Cl2N2O3/c1-17-6-9-3-10(15)4-13(16)14(9)20-7-11-5-12(8-19-2)21-18-11/h3-5,17H,6-8H2,1-2H3. The molecule has 0 radical (unpaired) electrons. The Morgan fingerprint density at radius 2 is 2.05 bits per heavy atom. The highest BCUT2D eigenvalue weighted by molar-refractivity contribution is 6.35. The Morgan fingerprint density at radius 1 is 1.24 bits per heavy atom. The smallest absolute Gasteiger partial charge is 0.162 e. The maximum atomic E-state index is 6.19. The van der Waals surface area contributed by atoms with Crippen LogP contribution in [0.4, 0.5) is 0 Å². The lowest BCUT2D eigenvalue weighted by Crippen LogP contribution is -2.08. The predicted octanol–water partition coefficient (Wildman–Crippen LogP) is 3.43. The van der Waals surface area contributed by atoms with Crippen LogP contribution in [0.15, 0.2) is 22.7 Å². The minimum atomic E-state index is 0.255. The van der Waals surface area contributed by atoms with Gasteiger partial charge in [-0.05, 0) is 19.2 Å². The molecular weight excluding hydrogens is 315 g/mol. The fraction of sp³-hybridized carbons (Fsp3) is 0.357.